The highest BCUT2D eigenvalue weighted by Crippen LogP contribution is 2.36. The molecule has 4 aliphatic rings. The smallest absolute Gasteiger partial charge is 0.163 e. The van der Waals surface area contributed by atoms with Crippen LogP contribution in [0.4, 0.5) is 0 Å². The molecule has 162 valence electrons. The Morgan fingerprint density at radius 2 is 1.81 bits per heavy atom. The minimum Gasteiger partial charge on any atom is -0.490 e. The molecule has 0 bridgehead atoms. The van der Waals surface area contributed by atoms with Crippen molar-refractivity contribution in [2.24, 2.45) is 0 Å². The van der Waals surface area contributed by atoms with Crippen molar-refractivity contribution in [1.29, 1.82) is 0 Å². The van der Waals surface area contributed by atoms with Crippen LogP contribution >= 0.6 is 11.3 Å². The number of allylic oxidation sites excluding steroid dienone is 2. The fourth-order valence-corrected chi connectivity index (χ4v) is 6.32. The molecule has 2 fully saturated rings. The lowest BCUT2D eigenvalue weighted by molar-refractivity contribution is -0.116. The number of carbonyl (C=O) groups is 1. The summed E-state index contributed by atoms with van der Waals surface area (Å²) in [5, 5.41) is 1.09. The van der Waals surface area contributed by atoms with Gasteiger partial charge in [-0.2, -0.15) is 0 Å². The fraction of sp³-hybridized carbons (Fsp3) is 0.520. The molecule has 6 rings (SSSR count). The Labute approximate surface area is 187 Å². The summed E-state index contributed by atoms with van der Waals surface area (Å²) in [5.41, 5.74) is 3.57. The van der Waals surface area contributed by atoms with Crippen molar-refractivity contribution in [3.63, 3.8) is 0 Å². The highest BCUT2D eigenvalue weighted by atomic mass is 32.1. The Bertz CT molecular complexity index is 1000. The summed E-state index contributed by atoms with van der Waals surface area (Å²) in [6, 6.07) is 9.22. The minimum absolute atomic E-state index is 0.247. The maximum absolute atomic E-state index is 11.3. The molecule has 3 heterocycles. The average Bonchev–Trinajstić information content (AvgIpc) is 3.18. The lowest BCUT2D eigenvalue weighted by Crippen LogP contribution is -2.50. The molecule has 0 radical (unpaired) electrons. The molecule has 0 amide bonds. The Morgan fingerprint density at radius 3 is 2.55 bits per heavy atom. The predicted molar refractivity (Wildman–Crippen MR) is 122 cm³/mol. The lowest BCUT2D eigenvalue weighted by atomic mass is 9.86. The number of carbonyl (C=O) groups excluding carboxylic acids is 1. The van der Waals surface area contributed by atoms with Crippen LogP contribution in [0.15, 0.2) is 36.0 Å². The standard InChI is InChI=1S/C25H29N3O2S/c29-20-12-18(13-20)28-11-8-23-24(16-28)31-25(26-23)17-4-6-21(7-5-17)30-22-14-19(15-22)27-9-2-1-3-10-27/h4-7,12,19,22H,1-3,8-11,13-16H2/t19-,22-. The molecule has 1 aromatic heterocycles. The predicted octanol–water partition coefficient (Wildman–Crippen LogP) is 4.42. The number of hydrogen-bond acceptors (Lipinski definition) is 6. The molecular weight excluding hydrogens is 406 g/mol. The lowest BCUT2D eigenvalue weighted by Gasteiger charge is -2.44. The zero-order valence-electron chi connectivity index (χ0n) is 17.9. The molecule has 1 saturated carbocycles. The number of rotatable bonds is 5. The highest BCUT2D eigenvalue weighted by molar-refractivity contribution is 7.15. The van der Waals surface area contributed by atoms with E-state index in [1.807, 2.05) is 0 Å². The molecular formula is C25H29N3O2S. The first-order valence-electron chi connectivity index (χ1n) is 11.7. The van der Waals surface area contributed by atoms with Gasteiger partial charge in [0.25, 0.3) is 0 Å². The third-order valence-electron chi connectivity index (χ3n) is 7.20. The number of thiazole rings is 1. The molecule has 2 aliphatic heterocycles. The van der Waals surface area contributed by atoms with E-state index in [1.165, 1.54) is 61.5 Å². The van der Waals surface area contributed by atoms with E-state index in [2.05, 4.69) is 34.1 Å². The van der Waals surface area contributed by atoms with Gasteiger partial charge in [-0.15, -0.1) is 11.3 Å². The Morgan fingerprint density at radius 1 is 1.03 bits per heavy atom. The van der Waals surface area contributed by atoms with Crippen LogP contribution in [0.25, 0.3) is 10.6 Å². The molecule has 1 saturated heterocycles. The van der Waals surface area contributed by atoms with Gasteiger partial charge in [-0.25, -0.2) is 4.98 Å². The van der Waals surface area contributed by atoms with Crippen molar-refractivity contribution < 1.29 is 9.53 Å². The van der Waals surface area contributed by atoms with Gasteiger partial charge in [-0.05, 0) is 50.2 Å². The van der Waals surface area contributed by atoms with Gasteiger partial charge in [0.15, 0.2) is 5.78 Å². The van der Waals surface area contributed by atoms with Crippen LogP contribution in [0.2, 0.25) is 0 Å². The molecule has 31 heavy (non-hydrogen) atoms. The number of piperidine rings is 1. The first kappa shape index (κ1) is 19.5. The van der Waals surface area contributed by atoms with E-state index in [4.69, 9.17) is 9.72 Å². The second-order valence-electron chi connectivity index (χ2n) is 9.33. The molecule has 0 N–H and O–H groups in total. The summed E-state index contributed by atoms with van der Waals surface area (Å²) in [5.74, 6) is 1.22. The van der Waals surface area contributed by atoms with Crippen molar-refractivity contribution in [3.05, 3.63) is 46.6 Å². The van der Waals surface area contributed by atoms with Gasteiger partial charge in [0.2, 0.25) is 0 Å². The summed E-state index contributed by atoms with van der Waals surface area (Å²) in [7, 11) is 0. The summed E-state index contributed by atoms with van der Waals surface area (Å²) in [6.45, 7) is 4.39. The largest absolute Gasteiger partial charge is 0.490 e. The Kier molecular flexibility index (Phi) is 5.07. The highest BCUT2D eigenvalue weighted by Gasteiger charge is 2.35. The molecule has 0 unspecified atom stereocenters. The van der Waals surface area contributed by atoms with Crippen molar-refractivity contribution in [3.8, 4) is 16.3 Å². The van der Waals surface area contributed by atoms with E-state index in [-0.39, 0.29) is 5.78 Å². The number of ether oxygens (including phenoxy) is 1. The molecule has 6 heteroatoms. The molecule has 0 spiro atoms. The van der Waals surface area contributed by atoms with Crippen LogP contribution in [-0.2, 0) is 17.8 Å². The maximum Gasteiger partial charge on any atom is 0.163 e. The van der Waals surface area contributed by atoms with E-state index in [1.54, 1.807) is 17.4 Å². The quantitative estimate of drug-likeness (QED) is 0.696. The molecule has 0 atom stereocenters. The van der Waals surface area contributed by atoms with Crippen molar-refractivity contribution in [2.45, 2.75) is 63.6 Å². The Balaban J connectivity index is 1.06. The average molecular weight is 436 g/mol. The van der Waals surface area contributed by atoms with Crippen LogP contribution in [-0.4, -0.2) is 52.3 Å². The van der Waals surface area contributed by atoms with Gasteiger partial charge in [-0.1, -0.05) is 6.42 Å². The summed E-state index contributed by atoms with van der Waals surface area (Å²) >= 11 is 1.79. The zero-order chi connectivity index (χ0) is 20.8. The second-order valence-corrected chi connectivity index (χ2v) is 10.4. The molecule has 2 aliphatic carbocycles. The molecule has 2 aromatic rings. The summed E-state index contributed by atoms with van der Waals surface area (Å²) < 4.78 is 6.23. The van der Waals surface area contributed by atoms with Gasteiger partial charge in [0.1, 0.15) is 16.9 Å². The topological polar surface area (TPSA) is 45.7 Å². The van der Waals surface area contributed by atoms with Gasteiger partial charge in [0.05, 0.1) is 18.7 Å². The van der Waals surface area contributed by atoms with E-state index < -0.39 is 0 Å². The zero-order valence-corrected chi connectivity index (χ0v) is 18.7. The van der Waals surface area contributed by atoms with Gasteiger partial charge in [-0.3, -0.25) is 4.79 Å². The van der Waals surface area contributed by atoms with Gasteiger partial charge < -0.3 is 14.5 Å². The Hall–Kier alpha value is -2.18. The minimum atomic E-state index is 0.247. The molecule has 1 aromatic carbocycles. The monoisotopic (exact) mass is 435 g/mol. The number of fused-ring (bicyclic) bond motifs is 1. The maximum atomic E-state index is 11.3. The number of benzene rings is 1. The van der Waals surface area contributed by atoms with E-state index in [9.17, 15) is 4.79 Å². The van der Waals surface area contributed by atoms with Gasteiger partial charge in [0, 0.05) is 54.1 Å². The summed E-state index contributed by atoms with van der Waals surface area (Å²) in [4.78, 5) is 22.5. The van der Waals surface area contributed by atoms with Gasteiger partial charge >= 0.3 is 0 Å². The fourth-order valence-electron chi connectivity index (χ4n) is 5.19. The molecule has 5 nitrogen and oxygen atoms in total. The van der Waals surface area contributed by atoms with Crippen LogP contribution in [0.1, 0.15) is 49.1 Å². The van der Waals surface area contributed by atoms with Crippen LogP contribution in [0, 0.1) is 0 Å². The van der Waals surface area contributed by atoms with Crippen molar-refractivity contribution >= 4 is 17.1 Å². The SMILES string of the molecule is O=C1C=C(N2CCc3nc(-c4ccc(O[C@H]5C[C@H](N6CCCCC6)C5)cc4)sc3C2)C1. The number of nitrogens with zero attached hydrogens (tertiary/aromatic N) is 3. The van der Waals surface area contributed by atoms with Crippen LogP contribution < -0.4 is 4.74 Å². The van der Waals surface area contributed by atoms with Crippen molar-refractivity contribution in [1.82, 2.24) is 14.8 Å². The van der Waals surface area contributed by atoms with Crippen LogP contribution in [0.3, 0.4) is 0 Å². The first-order chi connectivity index (χ1) is 15.2. The normalized spacial score (nSPS) is 26.0. The first-order valence-corrected chi connectivity index (χ1v) is 12.5. The number of hydrogen-bond donors (Lipinski definition) is 0. The number of ketones is 1. The number of likely N-dealkylation sites (tertiary alicyclic amines) is 1. The summed E-state index contributed by atoms with van der Waals surface area (Å²) in [6.07, 6.45) is 10.2. The van der Waals surface area contributed by atoms with Crippen molar-refractivity contribution in [2.75, 3.05) is 19.6 Å². The van der Waals surface area contributed by atoms with Crippen LogP contribution in [0.5, 0.6) is 5.75 Å². The number of aromatic nitrogens is 1. The van der Waals surface area contributed by atoms with E-state index in [0.717, 1.165) is 41.9 Å². The third kappa shape index (κ3) is 3.92. The van der Waals surface area contributed by atoms with E-state index >= 15 is 0 Å². The third-order valence-corrected chi connectivity index (χ3v) is 8.33. The van der Waals surface area contributed by atoms with E-state index in [0.29, 0.717) is 12.5 Å². The second kappa shape index (κ2) is 8.06.